The molecule has 2 aliphatic heterocycles. The third kappa shape index (κ3) is 4.85. The van der Waals surface area contributed by atoms with Crippen molar-refractivity contribution in [3.63, 3.8) is 0 Å². The SMILES string of the molecule is C[C@@H]1CC([C@H](O)C(C)(C)O)OC2C1[C@@]1(C)CCC34C[C@@]35CC[C@H](OC3CN(C(=O)Cc6ccncc6)CCO3)C(C)(C)[C@@H]5CC[C@H]4[C@]1(C)[C@H]2O. The zero-order chi connectivity index (χ0) is 35.6. The molecule has 1 aromatic rings. The molecule has 9 heteroatoms. The van der Waals surface area contributed by atoms with Gasteiger partial charge in [0.2, 0.25) is 5.91 Å². The Hall–Kier alpha value is -1.62. The van der Waals surface area contributed by atoms with Crippen LogP contribution in [0.3, 0.4) is 0 Å². The number of aliphatic hydroxyl groups is 3. The summed E-state index contributed by atoms with van der Waals surface area (Å²) < 4.78 is 19.7. The van der Waals surface area contributed by atoms with Crippen molar-refractivity contribution in [1.82, 2.24) is 9.88 Å². The van der Waals surface area contributed by atoms with Crippen LogP contribution in [0.2, 0.25) is 0 Å². The molecule has 5 aliphatic carbocycles. The molecule has 0 radical (unpaired) electrons. The van der Waals surface area contributed by atoms with E-state index in [4.69, 9.17) is 14.2 Å². The van der Waals surface area contributed by atoms with Crippen molar-refractivity contribution in [3.05, 3.63) is 30.1 Å². The van der Waals surface area contributed by atoms with E-state index in [0.29, 0.717) is 44.4 Å². The second-order valence-corrected chi connectivity index (χ2v) is 19.5. The maximum atomic E-state index is 13.2. The second kappa shape index (κ2) is 11.7. The Morgan fingerprint density at radius 3 is 2.50 bits per heavy atom. The summed E-state index contributed by atoms with van der Waals surface area (Å²) in [5.41, 5.74) is -0.170. The van der Waals surface area contributed by atoms with E-state index >= 15 is 0 Å². The molecule has 278 valence electrons. The highest BCUT2D eigenvalue weighted by Gasteiger charge is 2.84. The molecular weight excluding hydrogens is 632 g/mol. The molecule has 9 nitrogen and oxygen atoms in total. The highest BCUT2D eigenvalue weighted by atomic mass is 16.7. The molecule has 50 heavy (non-hydrogen) atoms. The fourth-order valence-corrected chi connectivity index (χ4v) is 14.1. The summed E-state index contributed by atoms with van der Waals surface area (Å²) in [6.07, 6.45) is 9.66. The number of carbonyl (C=O) groups is 1. The molecule has 7 aliphatic rings. The Balaban J connectivity index is 0.985. The van der Waals surface area contributed by atoms with Crippen molar-refractivity contribution >= 4 is 5.91 Å². The largest absolute Gasteiger partial charge is 0.390 e. The predicted octanol–water partition coefficient (Wildman–Crippen LogP) is 5.14. The van der Waals surface area contributed by atoms with E-state index in [0.717, 1.165) is 37.7 Å². The lowest BCUT2D eigenvalue weighted by Crippen LogP contribution is -2.60. The van der Waals surface area contributed by atoms with Gasteiger partial charge in [-0.05, 0) is 128 Å². The first-order valence-electron chi connectivity index (χ1n) is 19.7. The number of rotatable bonds is 6. The monoisotopic (exact) mass is 694 g/mol. The number of carbonyl (C=O) groups excluding carboxylic acids is 1. The smallest absolute Gasteiger partial charge is 0.227 e. The van der Waals surface area contributed by atoms with Gasteiger partial charge < -0.3 is 34.4 Å². The van der Waals surface area contributed by atoms with E-state index in [1.54, 1.807) is 26.2 Å². The highest BCUT2D eigenvalue weighted by Crippen LogP contribution is 2.89. The van der Waals surface area contributed by atoms with Crippen LogP contribution in [0.1, 0.15) is 105 Å². The molecule has 2 spiro atoms. The highest BCUT2D eigenvalue weighted by molar-refractivity contribution is 5.78. The Bertz CT molecular complexity index is 1470. The summed E-state index contributed by atoms with van der Waals surface area (Å²) in [6.45, 7) is 16.8. The minimum atomic E-state index is -1.26. The minimum absolute atomic E-state index is 0.0403. The first-order chi connectivity index (χ1) is 23.5. The van der Waals surface area contributed by atoms with Gasteiger partial charge in [-0.25, -0.2) is 0 Å². The van der Waals surface area contributed by atoms with E-state index in [2.05, 4.69) is 39.6 Å². The van der Waals surface area contributed by atoms with Gasteiger partial charge in [0.1, 0.15) is 6.10 Å². The number of ether oxygens (including phenoxy) is 3. The van der Waals surface area contributed by atoms with Gasteiger partial charge in [0.25, 0.3) is 0 Å². The van der Waals surface area contributed by atoms with Gasteiger partial charge >= 0.3 is 0 Å². The number of aliphatic hydroxyl groups excluding tert-OH is 2. The molecule has 14 atom stereocenters. The van der Waals surface area contributed by atoms with Crippen molar-refractivity contribution < 1.29 is 34.3 Å². The Labute approximate surface area is 298 Å². The van der Waals surface area contributed by atoms with E-state index < -0.39 is 30.2 Å². The van der Waals surface area contributed by atoms with Gasteiger partial charge in [0.15, 0.2) is 6.29 Å². The van der Waals surface area contributed by atoms with Crippen LogP contribution in [0.15, 0.2) is 24.5 Å². The van der Waals surface area contributed by atoms with E-state index in [1.165, 1.54) is 12.8 Å². The van der Waals surface area contributed by atoms with Gasteiger partial charge in [0, 0.05) is 24.4 Å². The van der Waals surface area contributed by atoms with Crippen LogP contribution in [-0.4, -0.2) is 93.2 Å². The zero-order valence-corrected chi connectivity index (χ0v) is 31.4. The number of nitrogens with zero attached hydrogens (tertiary/aromatic N) is 2. The topological polar surface area (TPSA) is 122 Å². The van der Waals surface area contributed by atoms with Gasteiger partial charge in [-0.3, -0.25) is 9.78 Å². The molecule has 1 aromatic heterocycles. The lowest BCUT2D eigenvalue weighted by atomic mass is 9.41. The quantitative estimate of drug-likeness (QED) is 0.375. The average Bonchev–Trinajstić information content (AvgIpc) is 3.70. The van der Waals surface area contributed by atoms with Crippen LogP contribution in [0.5, 0.6) is 0 Å². The number of aromatic nitrogens is 1. The molecule has 3 heterocycles. The van der Waals surface area contributed by atoms with E-state index in [9.17, 15) is 20.1 Å². The molecular formula is C41H62N2O7. The maximum Gasteiger partial charge on any atom is 0.227 e. The average molecular weight is 695 g/mol. The molecule has 5 unspecified atom stereocenters. The number of pyridine rings is 1. The molecule has 2 saturated heterocycles. The van der Waals surface area contributed by atoms with Gasteiger partial charge in [0.05, 0.1) is 49.6 Å². The van der Waals surface area contributed by atoms with Gasteiger partial charge in [-0.2, -0.15) is 0 Å². The van der Waals surface area contributed by atoms with E-state index in [-0.39, 0.29) is 57.0 Å². The Morgan fingerprint density at radius 2 is 1.78 bits per heavy atom. The third-order valence-corrected chi connectivity index (χ3v) is 16.6. The van der Waals surface area contributed by atoms with Crippen LogP contribution in [0.25, 0.3) is 0 Å². The fourth-order valence-electron chi connectivity index (χ4n) is 14.1. The van der Waals surface area contributed by atoms with Crippen LogP contribution in [0, 0.1) is 50.7 Å². The second-order valence-electron chi connectivity index (χ2n) is 19.5. The summed E-state index contributed by atoms with van der Waals surface area (Å²) in [7, 11) is 0. The maximum absolute atomic E-state index is 13.2. The lowest BCUT2D eigenvalue weighted by Gasteiger charge is -2.64. The predicted molar refractivity (Wildman–Crippen MR) is 188 cm³/mol. The standard InChI is InChI=1S/C41H62N2O7/c1-24-20-26(34(45)37(4,5)47)49-33-32(24)38(6)14-15-41-23-40(41)13-10-29(36(2,3)27(40)8-9-28(41)39(38,7)35(33)46)50-31-22-43(18-19-48-31)30(44)21-25-11-16-42-17-12-25/h11-12,16-17,24,26-29,31-35,45-47H,8-10,13-15,18-23H2,1-7H3/t24-,26?,27+,28+,29+,31?,32?,33?,34+,35+,38-,39-,40-,41?/m1/s1. The first-order valence-corrected chi connectivity index (χ1v) is 19.7. The minimum Gasteiger partial charge on any atom is -0.390 e. The number of fused-ring (bicyclic) bond motifs is 4. The number of morpholine rings is 1. The van der Waals surface area contributed by atoms with E-state index in [1.807, 2.05) is 17.0 Å². The Kier molecular flexibility index (Phi) is 8.28. The van der Waals surface area contributed by atoms with Crippen molar-refractivity contribution in [3.8, 4) is 0 Å². The molecule has 8 rings (SSSR count). The zero-order valence-electron chi connectivity index (χ0n) is 31.4. The summed E-state index contributed by atoms with van der Waals surface area (Å²) in [4.78, 5) is 19.2. The summed E-state index contributed by atoms with van der Waals surface area (Å²) in [5.74, 6) is 1.57. The number of hydrogen-bond acceptors (Lipinski definition) is 8. The van der Waals surface area contributed by atoms with Gasteiger partial charge in [-0.15, -0.1) is 0 Å². The molecule has 0 aromatic carbocycles. The normalized spacial score (nSPS) is 48.4. The van der Waals surface area contributed by atoms with Crippen molar-refractivity contribution in [1.29, 1.82) is 0 Å². The lowest BCUT2D eigenvalue weighted by molar-refractivity contribution is -0.248. The van der Waals surface area contributed by atoms with Crippen molar-refractivity contribution in [2.24, 2.45) is 50.7 Å². The first kappa shape index (κ1) is 35.4. The van der Waals surface area contributed by atoms with Crippen LogP contribution in [0.4, 0.5) is 0 Å². The van der Waals surface area contributed by atoms with Crippen molar-refractivity contribution in [2.45, 2.75) is 149 Å². The molecule has 5 saturated carbocycles. The molecule has 1 amide bonds. The summed E-state index contributed by atoms with van der Waals surface area (Å²) in [6, 6.07) is 3.79. The van der Waals surface area contributed by atoms with Crippen LogP contribution >= 0.6 is 0 Å². The van der Waals surface area contributed by atoms with Crippen LogP contribution in [-0.2, 0) is 25.4 Å². The van der Waals surface area contributed by atoms with Gasteiger partial charge in [-0.1, -0.05) is 34.6 Å². The fraction of sp³-hybridized carbons (Fsp3) is 0.854. The molecule has 0 bridgehead atoms. The third-order valence-electron chi connectivity index (χ3n) is 16.6. The summed E-state index contributed by atoms with van der Waals surface area (Å²) >= 11 is 0. The molecule has 7 fully saturated rings. The van der Waals surface area contributed by atoms with Crippen LogP contribution < -0.4 is 0 Å². The van der Waals surface area contributed by atoms with Crippen molar-refractivity contribution in [2.75, 3.05) is 19.7 Å². The molecule has 3 N–H and O–H groups in total. The summed E-state index contributed by atoms with van der Waals surface area (Å²) in [5, 5.41) is 34.2. The Morgan fingerprint density at radius 1 is 1.08 bits per heavy atom. The number of amides is 1. The number of hydrogen-bond donors (Lipinski definition) is 3.